The normalized spacial score (nSPS) is 16.4. The SMILES string of the molecule is CNCCC1CCN(c2cc(Cl)ccc2C#N)CC1. The van der Waals surface area contributed by atoms with E-state index in [1.165, 1.54) is 19.3 Å². The monoisotopic (exact) mass is 277 g/mol. The Morgan fingerprint density at radius 3 is 2.79 bits per heavy atom. The summed E-state index contributed by atoms with van der Waals surface area (Å²) in [7, 11) is 2.00. The first-order valence-corrected chi connectivity index (χ1v) is 7.21. The third-order valence-corrected chi connectivity index (χ3v) is 4.07. The summed E-state index contributed by atoms with van der Waals surface area (Å²) in [5.41, 5.74) is 1.71. The summed E-state index contributed by atoms with van der Waals surface area (Å²) in [6.07, 6.45) is 3.63. The number of rotatable bonds is 4. The molecule has 0 radical (unpaired) electrons. The van der Waals surface area contributed by atoms with Gasteiger partial charge in [0.15, 0.2) is 0 Å². The zero-order valence-electron chi connectivity index (χ0n) is 11.3. The molecule has 1 fully saturated rings. The minimum absolute atomic E-state index is 0.700. The van der Waals surface area contributed by atoms with E-state index in [4.69, 9.17) is 11.6 Å². The van der Waals surface area contributed by atoms with E-state index < -0.39 is 0 Å². The van der Waals surface area contributed by atoms with Gasteiger partial charge in [-0.25, -0.2) is 0 Å². The molecule has 1 aliphatic heterocycles. The number of piperidine rings is 1. The quantitative estimate of drug-likeness (QED) is 0.919. The second-order valence-corrected chi connectivity index (χ2v) is 5.53. The van der Waals surface area contributed by atoms with Crippen LogP contribution >= 0.6 is 11.6 Å². The van der Waals surface area contributed by atoms with E-state index in [9.17, 15) is 5.26 Å². The van der Waals surface area contributed by atoms with Gasteiger partial charge in [-0.15, -0.1) is 0 Å². The molecule has 0 atom stereocenters. The van der Waals surface area contributed by atoms with Gasteiger partial charge in [0, 0.05) is 18.1 Å². The van der Waals surface area contributed by atoms with Crippen LogP contribution in [0.3, 0.4) is 0 Å². The van der Waals surface area contributed by atoms with Gasteiger partial charge in [0.2, 0.25) is 0 Å². The maximum Gasteiger partial charge on any atom is 0.101 e. The molecule has 1 N–H and O–H groups in total. The lowest BCUT2D eigenvalue weighted by Crippen LogP contribution is -2.34. The van der Waals surface area contributed by atoms with E-state index >= 15 is 0 Å². The number of hydrogen-bond donors (Lipinski definition) is 1. The van der Waals surface area contributed by atoms with Crippen LogP contribution in [-0.4, -0.2) is 26.7 Å². The molecule has 19 heavy (non-hydrogen) atoms. The highest BCUT2D eigenvalue weighted by molar-refractivity contribution is 6.30. The molecule has 102 valence electrons. The second-order valence-electron chi connectivity index (χ2n) is 5.10. The number of nitrogens with one attached hydrogen (secondary N) is 1. The first-order chi connectivity index (χ1) is 9.24. The fraction of sp³-hybridized carbons (Fsp3) is 0.533. The Hall–Kier alpha value is -1.24. The maximum atomic E-state index is 9.18. The van der Waals surface area contributed by atoms with E-state index in [-0.39, 0.29) is 0 Å². The van der Waals surface area contributed by atoms with Crippen LogP contribution in [0.1, 0.15) is 24.8 Å². The van der Waals surface area contributed by atoms with Crippen molar-refractivity contribution < 1.29 is 0 Å². The lowest BCUT2D eigenvalue weighted by Gasteiger charge is -2.34. The first-order valence-electron chi connectivity index (χ1n) is 6.83. The highest BCUT2D eigenvalue weighted by atomic mass is 35.5. The zero-order chi connectivity index (χ0) is 13.7. The molecular formula is C15H20ClN3. The summed E-state index contributed by atoms with van der Waals surface area (Å²) < 4.78 is 0. The predicted octanol–water partition coefficient (Wildman–Crippen LogP) is 3.04. The molecule has 0 amide bonds. The summed E-state index contributed by atoms with van der Waals surface area (Å²) in [6.45, 7) is 3.12. The molecule has 0 spiro atoms. The van der Waals surface area contributed by atoms with Gasteiger partial charge in [-0.05, 0) is 57.0 Å². The minimum atomic E-state index is 0.700. The Morgan fingerprint density at radius 2 is 2.16 bits per heavy atom. The Kier molecular flexibility index (Phi) is 5.07. The first kappa shape index (κ1) is 14.2. The van der Waals surface area contributed by atoms with Crippen LogP contribution in [0.4, 0.5) is 5.69 Å². The number of anilines is 1. The van der Waals surface area contributed by atoms with Crippen molar-refractivity contribution in [3.05, 3.63) is 28.8 Å². The van der Waals surface area contributed by atoms with Crippen molar-refractivity contribution in [2.45, 2.75) is 19.3 Å². The van der Waals surface area contributed by atoms with E-state index in [1.807, 2.05) is 19.2 Å². The second kappa shape index (κ2) is 6.79. The summed E-state index contributed by atoms with van der Waals surface area (Å²) in [6, 6.07) is 7.76. The molecule has 0 aromatic heterocycles. The lowest BCUT2D eigenvalue weighted by molar-refractivity contribution is 0.378. The molecule has 4 heteroatoms. The molecule has 1 aliphatic rings. The van der Waals surface area contributed by atoms with E-state index in [0.717, 1.165) is 36.8 Å². The van der Waals surface area contributed by atoms with Crippen molar-refractivity contribution in [3.63, 3.8) is 0 Å². The van der Waals surface area contributed by atoms with Gasteiger partial charge in [-0.3, -0.25) is 0 Å². The molecule has 3 nitrogen and oxygen atoms in total. The molecule has 1 aromatic carbocycles. The van der Waals surface area contributed by atoms with Crippen molar-refractivity contribution in [3.8, 4) is 6.07 Å². The third-order valence-electron chi connectivity index (χ3n) is 3.84. The predicted molar refractivity (Wildman–Crippen MR) is 79.6 cm³/mol. The summed E-state index contributed by atoms with van der Waals surface area (Å²) in [5.74, 6) is 0.799. The average Bonchev–Trinajstić information content (AvgIpc) is 2.45. The number of nitriles is 1. The van der Waals surface area contributed by atoms with E-state index in [2.05, 4.69) is 16.3 Å². The Bertz CT molecular complexity index is 459. The van der Waals surface area contributed by atoms with Crippen molar-refractivity contribution in [1.82, 2.24) is 5.32 Å². The van der Waals surface area contributed by atoms with Gasteiger partial charge in [-0.1, -0.05) is 11.6 Å². The number of hydrogen-bond acceptors (Lipinski definition) is 3. The van der Waals surface area contributed by atoms with Crippen LogP contribution in [0.5, 0.6) is 0 Å². The maximum absolute atomic E-state index is 9.18. The van der Waals surface area contributed by atoms with Gasteiger partial charge in [0.25, 0.3) is 0 Å². The van der Waals surface area contributed by atoms with E-state index in [1.54, 1.807) is 6.07 Å². The van der Waals surface area contributed by atoms with Crippen molar-refractivity contribution in [2.75, 3.05) is 31.6 Å². The van der Waals surface area contributed by atoms with Gasteiger partial charge in [-0.2, -0.15) is 5.26 Å². The van der Waals surface area contributed by atoms with Crippen LogP contribution in [0.25, 0.3) is 0 Å². The fourth-order valence-electron chi connectivity index (χ4n) is 2.67. The molecule has 1 heterocycles. The highest BCUT2D eigenvalue weighted by Crippen LogP contribution is 2.29. The molecule has 2 rings (SSSR count). The van der Waals surface area contributed by atoms with Crippen LogP contribution < -0.4 is 10.2 Å². The van der Waals surface area contributed by atoms with Crippen LogP contribution in [-0.2, 0) is 0 Å². The van der Waals surface area contributed by atoms with Crippen LogP contribution in [0, 0.1) is 17.2 Å². The molecule has 0 aliphatic carbocycles. The molecule has 1 saturated heterocycles. The highest BCUT2D eigenvalue weighted by Gasteiger charge is 2.20. The molecular weight excluding hydrogens is 258 g/mol. The van der Waals surface area contributed by atoms with Gasteiger partial charge >= 0.3 is 0 Å². The lowest BCUT2D eigenvalue weighted by atomic mass is 9.93. The molecule has 0 saturated carbocycles. The average molecular weight is 278 g/mol. The summed E-state index contributed by atoms with van der Waals surface area (Å²) in [4.78, 5) is 2.29. The fourth-order valence-corrected chi connectivity index (χ4v) is 2.84. The van der Waals surface area contributed by atoms with Crippen LogP contribution in [0.2, 0.25) is 5.02 Å². The summed E-state index contributed by atoms with van der Waals surface area (Å²) >= 11 is 6.05. The van der Waals surface area contributed by atoms with E-state index in [0.29, 0.717) is 5.02 Å². The number of halogens is 1. The van der Waals surface area contributed by atoms with Gasteiger partial charge in [0.1, 0.15) is 6.07 Å². The standard InChI is InChI=1S/C15H20ClN3/c1-18-7-4-12-5-8-19(9-6-12)15-10-14(16)3-2-13(15)11-17/h2-3,10,12,18H,4-9H2,1H3. The largest absolute Gasteiger partial charge is 0.370 e. The number of benzene rings is 1. The van der Waals surface area contributed by atoms with Crippen molar-refractivity contribution >= 4 is 17.3 Å². The smallest absolute Gasteiger partial charge is 0.101 e. The van der Waals surface area contributed by atoms with Crippen molar-refractivity contribution in [2.24, 2.45) is 5.92 Å². The summed E-state index contributed by atoms with van der Waals surface area (Å²) in [5, 5.41) is 13.1. The molecule has 1 aromatic rings. The zero-order valence-corrected chi connectivity index (χ0v) is 12.1. The third kappa shape index (κ3) is 3.62. The van der Waals surface area contributed by atoms with Gasteiger partial charge in [0.05, 0.1) is 11.3 Å². The Labute approximate surface area is 120 Å². The Morgan fingerprint density at radius 1 is 1.42 bits per heavy atom. The van der Waals surface area contributed by atoms with Gasteiger partial charge < -0.3 is 10.2 Å². The minimum Gasteiger partial charge on any atom is -0.370 e. The topological polar surface area (TPSA) is 39.1 Å². The number of nitrogens with zero attached hydrogens (tertiary/aromatic N) is 2. The molecule has 0 unspecified atom stereocenters. The van der Waals surface area contributed by atoms with Crippen LogP contribution in [0.15, 0.2) is 18.2 Å². The van der Waals surface area contributed by atoms with Crippen molar-refractivity contribution in [1.29, 1.82) is 5.26 Å². The molecule has 0 bridgehead atoms. The Balaban J connectivity index is 2.01.